The molecule has 0 aliphatic carbocycles. The van der Waals surface area contributed by atoms with Gasteiger partial charge < -0.3 is 4.84 Å². The number of rotatable bonds is 3. The van der Waals surface area contributed by atoms with Gasteiger partial charge in [-0.3, -0.25) is 0 Å². The molecule has 0 unspecified atom stereocenters. The third-order valence-corrected chi connectivity index (χ3v) is 0.620. The van der Waals surface area contributed by atoms with Crippen molar-refractivity contribution in [3.63, 3.8) is 0 Å². The lowest BCUT2D eigenvalue weighted by Crippen LogP contribution is -1.68. The number of allylic oxidation sites excluding steroid dienone is 1. The first-order valence-electron chi connectivity index (χ1n) is 2.39. The third kappa shape index (κ3) is 5.50. The molecule has 0 heterocycles. The molecule has 1 radical (unpaired) electrons. The lowest BCUT2D eigenvalue weighted by Gasteiger charge is -1.81. The zero-order valence-corrected chi connectivity index (χ0v) is 4.48. The standard InChI is InChI=1S/C5H10NO/c1-2-3-4-5-7-6/h4-6H,2-3H2,1H3/b5-4+. The van der Waals surface area contributed by atoms with Crippen LogP contribution in [0, 0.1) is 0 Å². The van der Waals surface area contributed by atoms with E-state index in [1.165, 1.54) is 6.26 Å². The number of unbranched alkanes of at least 4 members (excludes halogenated alkanes) is 1. The van der Waals surface area contributed by atoms with Crippen LogP contribution in [0.15, 0.2) is 12.3 Å². The molecular formula is C5H10NO. The van der Waals surface area contributed by atoms with Crippen molar-refractivity contribution in [2.24, 2.45) is 0 Å². The minimum atomic E-state index is 0.999. The quantitative estimate of drug-likeness (QED) is 0.391. The molecule has 0 amide bonds. The molecule has 0 fully saturated rings. The summed E-state index contributed by atoms with van der Waals surface area (Å²) < 4.78 is 0. The summed E-state index contributed by atoms with van der Waals surface area (Å²) in [4.78, 5) is 3.91. The molecule has 2 nitrogen and oxygen atoms in total. The summed E-state index contributed by atoms with van der Waals surface area (Å²) in [6.07, 6.45) is 5.31. The van der Waals surface area contributed by atoms with Crippen LogP contribution in [0.2, 0.25) is 0 Å². The largest absolute Gasteiger partial charge is 0.399 e. The van der Waals surface area contributed by atoms with E-state index in [-0.39, 0.29) is 0 Å². The Morgan fingerprint density at radius 3 is 2.86 bits per heavy atom. The summed E-state index contributed by atoms with van der Waals surface area (Å²) in [5.41, 5.74) is 0. The van der Waals surface area contributed by atoms with E-state index in [0.29, 0.717) is 0 Å². The van der Waals surface area contributed by atoms with Gasteiger partial charge in [-0.25, -0.2) is 0 Å². The van der Waals surface area contributed by atoms with Crippen LogP contribution in [0.3, 0.4) is 0 Å². The van der Waals surface area contributed by atoms with Gasteiger partial charge in [0.1, 0.15) is 6.26 Å². The van der Waals surface area contributed by atoms with Gasteiger partial charge in [-0.1, -0.05) is 19.2 Å². The Bertz CT molecular complexity index is 52.0. The van der Waals surface area contributed by atoms with E-state index in [2.05, 4.69) is 11.8 Å². The Morgan fingerprint density at radius 2 is 2.43 bits per heavy atom. The van der Waals surface area contributed by atoms with Gasteiger partial charge in [0.05, 0.1) is 0 Å². The highest BCUT2D eigenvalue weighted by Gasteiger charge is 1.68. The molecule has 0 aromatic heterocycles. The van der Waals surface area contributed by atoms with E-state index in [1.807, 2.05) is 6.08 Å². The van der Waals surface area contributed by atoms with Crippen LogP contribution in [0.1, 0.15) is 19.8 Å². The zero-order chi connectivity index (χ0) is 5.54. The first kappa shape index (κ1) is 6.50. The molecule has 0 aromatic rings. The normalized spacial score (nSPS) is 10.0. The lowest BCUT2D eigenvalue weighted by molar-refractivity contribution is 0.235. The van der Waals surface area contributed by atoms with Gasteiger partial charge in [0.15, 0.2) is 0 Å². The Kier molecular flexibility index (Phi) is 5.11. The van der Waals surface area contributed by atoms with Crippen LogP contribution in [-0.2, 0) is 4.84 Å². The molecule has 0 saturated carbocycles. The van der Waals surface area contributed by atoms with Gasteiger partial charge in [-0.05, 0) is 12.5 Å². The fourth-order valence-electron chi connectivity index (χ4n) is 0.283. The molecule has 0 aliphatic heterocycles. The van der Waals surface area contributed by atoms with E-state index in [4.69, 9.17) is 5.90 Å². The minimum Gasteiger partial charge on any atom is -0.399 e. The second kappa shape index (κ2) is 5.50. The summed E-state index contributed by atoms with van der Waals surface area (Å²) >= 11 is 0. The Balaban J connectivity index is 2.78. The molecule has 0 bridgehead atoms. The van der Waals surface area contributed by atoms with Crippen LogP contribution in [0.5, 0.6) is 0 Å². The van der Waals surface area contributed by atoms with Gasteiger partial charge >= 0.3 is 0 Å². The van der Waals surface area contributed by atoms with Crippen LogP contribution >= 0.6 is 0 Å². The second-order valence-corrected chi connectivity index (χ2v) is 1.28. The highest BCUT2D eigenvalue weighted by atomic mass is 16.6. The summed E-state index contributed by atoms with van der Waals surface area (Å²) in [6, 6.07) is 0. The average molecular weight is 100 g/mol. The van der Waals surface area contributed by atoms with Crippen molar-refractivity contribution in [2.75, 3.05) is 0 Å². The predicted molar refractivity (Wildman–Crippen MR) is 28.2 cm³/mol. The lowest BCUT2D eigenvalue weighted by atomic mass is 10.3. The zero-order valence-electron chi connectivity index (χ0n) is 4.48. The van der Waals surface area contributed by atoms with E-state index in [0.717, 1.165) is 12.8 Å². The molecule has 2 heteroatoms. The Hall–Kier alpha value is -0.500. The van der Waals surface area contributed by atoms with Gasteiger partial charge in [0, 0.05) is 0 Å². The van der Waals surface area contributed by atoms with Crippen LogP contribution in [0.4, 0.5) is 0 Å². The maximum Gasteiger partial charge on any atom is 0.109 e. The first-order chi connectivity index (χ1) is 3.41. The molecule has 0 atom stereocenters. The second-order valence-electron chi connectivity index (χ2n) is 1.28. The topological polar surface area (TPSA) is 33.0 Å². The van der Waals surface area contributed by atoms with Crippen molar-refractivity contribution in [1.82, 2.24) is 5.90 Å². The van der Waals surface area contributed by atoms with Crippen molar-refractivity contribution in [1.29, 1.82) is 0 Å². The van der Waals surface area contributed by atoms with Gasteiger partial charge in [-0.15, -0.1) is 0 Å². The van der Waals surface area contributed by atoms with Crippen LogP contribution < -0.4 is 5.90 Å². The Labute approximate surface area is 43.9 Å². The maximum atomic E-state index is 6.19. The molecule has 7 heavy (non-hydrogen) atoms. The molecular weight excluding hydrogens is 90.1 g/mol. The van der Waals surface area contributed by atoms with E-state index in [1.54, 1.807) is 0 Å². The third-order valence-electron chi connectivity index (χ3n) is 0.620. The van der Waals surface area contributed by atoms with E-state index < -0.39 is 0 Å². The van der Waals surface area contributed by atoms with Crippen LogP contribution in [0.25, 0.3) is 0 Å². The van der Waals surface area contributed by atoms with Crippen molar-refractivity contribution < 1.29 is 4.84 Å². The number of hydrogen-bond acceptors (Lipinski definition) is 1. The predicted octanol–water partition coefficient (Wildman–Crippen LogP) is 1.51. The van der Waals surface area contributed by atoms with E-state index in [9.17, 15) is 0 Å². The van der Waals surface area contributed by atoms with Gasteiger partial charge in [-0.2, -0.15) is 0 Å². The van der Waals surface area contributed by atoms with Crippen molar-refractivity contribution >= 4 is 0 Å². The van der Waals surface area contributed by atoms with Crippen molar-refractivity contribution in [3.8, 4) is 0 Å². The molecule has 0 aliphatic rings. The van der Waals surface area contributed by atoms with Crippen molar-refractivity contribution in [3.05, 3.63) is 12.3 Å². The molecule has 0 saturated heterocycles. The monoisotopic (exact) mass is 100 g/mol. The molecule has 41 valence electrons. The molecule has 0 rings (SSSR count). The maximum absolute atomic E-state index is 6.19. The van der Waals surface area contributed by atoms with E-state index >= 15 is 0 Å². The fraction of sp³-hybridized carbons (Fsp3) is 0.600. The molecule has 0 spiro atoms. The summed E-state index contributed by atoms with van der Waals surface area (Å²) in [5, 5.41) is 0. The Morgan fingerprint density at radius 1 is 1.71 bits per heavy atom. The highest BCUT2D eigenvalue weighted by molar-refractivity contribution is 4.70. The van der Waals surface area contributed by atoms with Crippen LogP contribution in [-0.4, -0.2) is 0 Å². The van der Waals surface area contributed by atoms with Gasteiger partial charge in [0.25, 0.3) is 0 Å². The average Bonchev–Trinajstić information content (AvgIpc) is 1.69. The minimum absolute atomic E-state index is 0.999. The molecule has 1 N–H and O–H groups in total. The fourth-order valence-corrected chi connectivity index (χ4v) is 0.283. The summed E-state index contributed by atoms with van der Waals surface area (Å²) in [6.45, 7) is 2.08. The van der Waals surface area contributed by atoms with Crippen molar-refractivity contribution in [2.45, 2.75) is 19.8 Å². The smallest absolute Gasteiger partial charge is 0.109 e. The first-order valence-corrected chi connectivity index (χ1v) is 2.39. The highest BCUT2D eigenvalue weighted by Crippen LogP contribution is 1.86. The number of nitrogens with one attached hydrogen (secondary N) is 1. The van der Waals surface area contributed by atoms with Gasteiger partial charge in [0.2, 0.25) is 0 Å². The molecule has 0 aromatic carbocycles. The summed E-state index contributed by atoms with van der Waals surface area (Å²) in [7, 11) is 0. The number of hydrogen-bond donors (Lipinski definition) is 0. The summed E-state index contributed by atoms with van der Waals surface area (Å²) in [5.74, 6) is 6.19. The SMILES string of the molecule is CCC/C=C/O[NH].